The summed E-state index contributed by atoms with van der Waals surface area (Å²) in [6.07, 6.45) is 0.498. The molecule has 1 aliphatic rings. The summed E-state index contributed by atoms with van der Waals surface area (Å²) in [4.78, 5) is 15.8. The zero-order chi connectivity index (χ0) is 23.7. The molecule has 9 heteroatoms. The zero-order valence-corrected chi connectivity index (χ0v) is 19.6. The van der Waals surface area contributed by atoms with Gasteiger partial charge in [0.05, 0.1) is 10.4 Å². The maximum atomic E-state index is 13.5. The molecule has 174 valence electrons. The molecule has 0 amide bonds. The van der Waals surface area contributed by atoms with Crippen molar-refractivity contribution >= 4 is 32.5 Å². The number of nitrogens with zero attached hydrogens (tertiary/aromatic N) is 1. The summed E-state index contributed by atoms with van der Waals surface area (Å²) in [6, 6.07) is 20.8. The number of hydrogen-bond donors (Lipinski definition) is 1. The van der Waals surface area contributed by atoms with E-state index in [1.807, 2.05) is 30.3 Å². The van der Waals surface area contributed by atoms with E-state index in [-0.39, 0.29) is 30.3 Å². The number of aromatic amines is 1. The van der Waals surface area contributed by atoms with Crippen LogP contribution in [0.15, 0.2) is 82.5 Å². The van der Waals surface area contributed by atoms with Crippen molar-refractivity contribution in [2.75, 3.05) is 13.3 Å². The molecule has 0 radical (unpaired) electrons. The third-order valence-electron chi connectivity index (χ3n) is 5.71. The van der Waals surface area contributed by atoms with Crippen LogP contribution in [-0.4, -0.2) is 31.0 Å². The number of halogens is 1. The van der Waals surface area contributed by atoms with Crippen molar-refractivity contribution in [2.45, 2.75) is 17.9 Å². The van der Waals surface area contributed by atoms with E-state index in [0.717, 1.165) is 10.9 Å². The van der Waals surface area contributed by atoms with Gasteiger partial charge >= 0.3 is 0 Å². The lowest BCUT2D eigenvalue weighted by molar-refractivity contribution is 0.174. The number of ether oxygens (including phenoxy) is 2. The fourth-order valence-corrected chi connectivity index (χ4v) is 5.43. The minimum absolute atomic E-state index is 0.0858. The molecule has 7 nitrogen and oxygen atoms in total. The lowest BCUT2D eigenvalue weighted by Crippen LogP contribution is -2.34. The number of sulfonamides is 1. The molecular weight excluding hydrogens is 476 g/mol. The second-order valence-electron chi connectivity index (χ2n) is 7.94. The maximum absolute atomic E-state index is 13.5. The Labute approximate surface area is 201 Å². The third kappa shape index (κ3) is 4.52. The molecule has 0 saturated carbocycles. The SMILES string of the molecule is O=c1[nH]c2cc3c(cc2cc1CN(CCc1ccccc1)S(=O)(=O)c1ccc(Cl)cc1)OCO3. The number of benzene rings is 3. The summed E-state index contributed by atoms with van der Waals surface area (Å²) in [5, 5.41) is 1.17. The van der Waals surface area contributed by atoms with E-state index in [2.05, 4.69) is 4.98 Å². The van der Waals surface area contributed by atoms with E-state index in [9.17, 15) is 13.2 Å². The predicted molar refractivity (Wildman–Crippen MR) is 130 cm³/mol. The van der Waals surface area contributed by atoms with Gasteiger partial charge in [-0.3, -0.25) is 4.79 Å². The van der Waals surface area contributed by atoms with Crippen LogP contribution in [0, 0.1) is 0 Å². The zero-order valence-electron chi connectivity index (χ0n) is 18.0. The van der Waals surface area contributed by atoms with Crippen molar-refractivity contribution in [3.63, 3.8) is 0 Å². The van der Waals surface area contributed by atoms with Gasteiger partial charge in [-0.15, -0.1) is 0 Å². The molecule has 0 atom stereocenters. The highest BCUT2D eigenvalue weighted by molar-refractivity contribution is 7.89. The molecule has 2 heterocycles. The average Bonchev–Trinajstić information content (AvgIpc) is 3.28. The summed E-state index contributed by atoms with van der Waals surface area (Å²) in [5.74, 6) is 1.14. The molecule has 0 spiro atoms. The van der Waals surface area contributed by atoms with Crippen molar-refractivity contribution in [3.8, 4) is 11.5 Å². The van der Waals surface area contributed by atoms with Gasteiger partial charge < -0.3 is 14.5 Å². The fraction of sp³-hybridized carbons (Fsp3) is 0.160. The second kappa shape index (κ2) is 9.13. The van der Waals surface area contributed by atoms with E-state index < -0.39 is 10.0 Å². The Morgan fingerprint density at radius 3 is 2.38 bits per heavy atom. The highest BCUT2D eigenvalue weighted by atomic mass is 35.5. The molecule has 1 aromatic heterocycles. The van der Waals surface area contributed by atoms with Crippen molar-refractivity contribution < 1.29 is 17.9 Å². The monoisotopic (exact) mass is 496 g/mol. The minimum Gasteiger partial charge on any atom is -0.454 e. The molecule has 1 aliphatic heterocycles. The lowest BCUT2D eigenvalue weighted by atomic mass is 10.1. The van der Waals surface area contributed by atoms with Gasteiger partial charge in [-0.25, -0.2) is 8.42 Å². The molecule has 0 unspecified atom stereocenters. The maximum Gasteiger partial charge on any atom is 0.252 e. The first kappa shape index (κ1) is 22.5. The topological polar surface area (TPSA) is 88.7 Å². The first-order chi connectivity index (χ1) is 16.4. The summed E-state index contributed by atoms with van der Waals surface area (Å²) >= 11 is 5.96. The standard InChI is InChI=1S/C25H21ClN2O5S/c26-20-6-8-21(9-7-20)34(30,31)28(11-10-17-4-2-1-3-5-17)15-19-12-18-13-23-24(33-16-32-23)14-22(18)27-25(19)29/h1-9,12-14H,10-11,15-16H2,(H,27,29). The molecule has 0 aliphatic carbocycles. The summed E-state index contributed by atoms with van der Waals surface area (Å²) in [7, 11) is -3.89. The van der Waals surface area contributed by atoms with Crippen LogP contribution >= 0.6 is 11.6 Å². The summed E-state index contributed by atoms with van der Waals surface area (Å²) < 4.78 is 39.2. The van der Waals surface area contributed by atoms with Crippen molar-refractivity contribution in [1.82, 2.24) is 9.29 Å². The summed E-state index contributed by atoms with van der Waals surface area (Å²) in [6.45, 7) is 0.237. The van der Waals surface area contributed by atoms with Gasteiger partial charge in [0, 0.05) is 35.1 Å². The van der Waals surface area contributed by atoms with Crippen LogP contribution in [0.25, 0.3) is 10.9 Å². The summed E-state index contributed by atoms with van der Waals surface area (Å²) in [5.41, 5.74) is 1.56. The fourth-order valence-electron chi connectivity index (χ4n) is 3.89. The normalized spacial score (nSPS) is 13.0. The Morgan fingerprint density at radius 2 is 1.65 bits per heavy atom. The Hall–Kier alpha value is -3.33. The largest absolute Gasteiger partial charge is 0.454 e. The number of rotatable bonds is 7. The van der Waals surface area contributed by atoms with Gasteiger partial charge in [0.1, 0.15) is 0 Å². The van der Waals surface area contributed by atoms with Gasteiger partial charge in [-0.1, -0.05) is 41.9 Å². The van der Waals surface area contributed by atoms with Crippen LogP contribution in [-0.2, 0) is 23.0 Å². The van der Waals surface area contributed by atoms with Gasteiger partial charge in [-0.05, 0) is 48.4 Å². The van der Waals surface area contributed by atoms with E-state index >= 15 is 0 Å². The number of nitrogens with one attached hydrogen (secondary N) is 1. The van der Waals surface area contributed by atoms with Gasteiger partial charge in [0.2, 0.25) is 16.8 Å². The first-order valence-corrected chi connectivity index (χ1v) is 12.5. The van der Waals surface area contributed by atoms with Crippen LogP contribution in [0.2, 0.25) is 5.02 Å². The van der Waals surface area contributed by atoms with Crippen molar-refractivity contribution in [2.24, 2.45) is 0 Å². The van der Waals surface area contributed by atoms with Crippen LogP contribution in [0.3, 0.4) is 0 Å². The molecule has 1 N–H and O–H groups in total. The van der Waals surface area contributed by atoms with Gasteiger partial charge in [0.15, 0.2) is 11.5 Å². The molecular formula is C25H21ClN2O5S. The number of H-pyrrole nitrogens is 1. The second-order valence-corrected chi connectivity index (χ2v) is 10.3. The van der Waals surface area contributed by atoms with E-state index in [0.29, 0.717) is 34.0 Å². The smallest absolute Gasteiger partial charge is 0.252 e. The van der Waals surface area contributed by atoms with Crippen molar-refractivity contribution in [1.29, 1.82) is 0 Å². The van der Waals surface area contributed by atoms with E-state index in [4.69, 9.17) is 21.1 Å². The number of fused-ring (bicyclic) bond motifs is 2. The minimum atomic E-state index is -3.89. The Bertz CT molecular complexity index is 1500. The quantitative estimate of drug-likeness (QED) is 0.411. The van der Waals surface area contributed by atoms with Crippen LogP contribution in [0.4, 0.5) is 0 Å². The molecule has 5 rings (SSSR count). The number of pyridine rings is 1. The number of hydrogen-bond acceptors (Lipinski definition) is 5. The molecule has 3 aromatic carbocycles. The van der Waals surface area contributed by atoms with Crippen molar-refractivity contribution in [3.05, 3.63) is 99.3 Å². The Kier molecular flexibility index (Phi) is 6.03. The first-order valence-electron chi connectivity index (χ1n) is 10.7. The van der Waals surface area contributed by atoms with Crippen LogP contribution in [0.1, 0.15) is 11.1 Å². The highest BCUT2D eigenvalue weighted by Crippen LogP contribution is 2.35. The molecule has 4 aromatic rings. The Balaban J connectivity index is 1.51. The average molecular weight is 497 g/mol. The predicted octanol–water partition coefficient (Wildman–Crippen LogP) is 4.34. The number of aromatic nitrogens is 1. The molecule has 34 heavy (non-hydrogen) atoms. The van der Waals surface area contributed by atoms with Gasteiger partial charge in [-0.2, -0.15) is 4.31 Å². The Morgan fingerprint density at radius 1 is 0.941 bits per heavy atom. The van der Waals surface area contributed by atoms with Crippen LogP contribution < -0.4 is 15.0 Å². The lowest BCUT2D eigenvalue weighted by Gasteiger charge is -2.22. The van der Waals surface area contributed by atoms with E-state index in [1.165, 1.54) is 28.6 Å². The third-order valence-corrected chi connectivity index (χ3v) is 7.82. The van der Waals surface area contributed by atoms with Crippen LogP contribution in [0.5, 0.6) is 11.5 Å². The van der Waals surface area contributed by atoms with Gasteiger partial charge in [0.25, 0.3) is 5.56 Å². The van der Waals surface area contributed by atoms with E-state index in [1.54, 1.807) is 18.2 Å². The molecule has 0 bridgehead atoms. The molecule has 0 saturated heterocycles. The highest BCUT2D eigenvalue weighted by Gasteiger charge is 2.26. The molecule has 0 fully saturated rings.